The Balaban J connectivity index is 2.00. The molecular weight excluding hydrogens is 180 g/mol. The first kappa shape index (κ1) is 9.93. The summed E-state index contributed by atoms with van der Waals surface area (Å²) in [4.78, 5) is 13.9. The van der Waals surface area contributed by atoms with E-state index in [0.717, 1.165) is 19.5 Å². The molecule has 0 bridgehead atoms. The molecular formula is C10H18N2O2. The SMILES string of the molecule is CC1CCN(C(=O)C2(N)CCOC2)C1. The summed E-state index contributed by atoms with van der Waals surface area (Å²) in [5.74, 6) is 0.698. The van der Waals surface area contributed by atoms with E-state index in [-0.39, 0.29) is 5.91 Å². The maximum Gasteiger partial charge on any atom is 0.245 e. The van der Waals surface area contributed by atoms with E-state index in [1.165, 1.54) is 0 Å². The minimum Gasteiger partial charge on any atom is -0.379 e. The van der Waals surface area contributed by atoms with E-state index < -0.39 is 5.54 Å². The number of rotatable bonds is 1. The Morgan fingerprint density at radius 3 is 2.93 bits per heavy atom. The first-order valence-corrected chi connectivity index (χ1v) is 5.28. The van der Waals surface area contributed by atoms with Crippen LogP contribution >= 0.6 is 0 Å². The van der Waals surface area contributed by atoms with Crippen LogP contribution in [0.25, 0.3) is 0 Å². The summed E-state index contributed by atoms with van der Waals surface area (Å²) < 4.78 is 5.20. The van der Waals surface area contributed by atoms with Crippen LogP contribution < -0.4 is 5.73 Å². The highest BCUT2D eigenvalue weighted by molar-refractivity contribution is 5.86. The molecule has 2 heterocycles. The third-order valence-corrected chi connectivity index (χ3v) is 3.19. The van der Waals surface area contributed by atoms with Gasteiger partial charge in [0.05, 0.1) is 6.61 Å². The van der Waals surface area contributed by atoms with Crippen LogP contribution in [0, 0.1) is 5.92 Å². The predicted octanol–water partition coefficient (Wildman–Crippen LogP) is -0.0274. The van der Waals surface area contributed by atoms with Gasteiger partial charge in [-0.2, -0.15) is 0 Å². The molecule has 0 spiro atoms. The maximum atomic E-state index is 12.0. The number of amides is 1. The van der Waals surface area contributed by atoms with Crippen LogP contribution in [-0.4, -0.2) is 42.6 Å². The average Bonchev–Trinajstić information content (AvgIpc) is 2.74. The lowest BCUT2D eigenvalue weighted by Crippen LogP contribution is -2.55. The van der Waals surface area contributed by atoms with Crippen molar-refractivity contribution >= 4 is 5.91 Å². The second kappa shape index (κ2) is 3.51. The Bertz CT molecular complexity index is 236. The molecule has 4 heteroatoms. The molecule has 2 fully saturated rings. The van der Waals surface area contributed by atoms with Gasteiger partial charge in [-0.05, 0) is 18.8 Å². The van der Waals surface area contributed by atoms with Crippen LogP contribution in [0.3, 0.4) is 0 Å². The molecule has 4 nitrogen and oxygen atoms in total. The summed E-state index contributed by atoms with van der Waals surface area (Å²) in [5.41, 5.74) is 5.28. The molecule has 0 aromatic rings. The number of nitrogens with zero attached hydrogens (tertiary/aromatic N) is 1. The number of carbonyl (C=O) groups is 1. The van der Waals surface area contributed by atoms with Crippen LogP contribution in [0.4, 0.5) is 0 Å². The molecule has 2 aliphatic heterocycles. The van der Waals surface area contributed by atoms with E-state index >= 15 is 0 Å². The van der Waals surface area contributed by atoms with Crippen molar-refractivity contribution in [2.45, 2.75) is 25.3 Å². The zero-order valence-electron chi connectivity index (χ0n) is 8.66. The maximum absolute atomic E-state index is 12.0. The molecule has 80 valence electrons. The molecule has 2 rings (SSSR count). The highest BCUT2D eigenvalue weighted by Crippen LogP contribution is 2.23. The van der Waals surface area contributed by atoms with E-state index in [2.05, 4.69) is 6.92 Å². The highest BCUT2D eigenvalue weighted by atomic mass is 16.5. The Morgan fingerprint density at radius 2 is 2.43 bits per heavy atom. The molecule has 1 amide bonds. The molecule has 0 aromatic carbocycles. The monoisotopic (exact) mass is 198 g/mol. The van der Waals surface area contributed by atoms with Crippen molar-refractivity contribution in [1.82, 2.24) is 4.90 Å². The summed E-state index contributed by atoms with van der Waals surface area (Å²) in [7, 11) is 0. The Hall–Kier alpha value is -0.610. The third-order valence-electron chi connectivity index (χ3n) is 3.19. The molecule has 0 aliphatic carbocycles. The van der Waals surface area contributed by atoms with Gasteiger partial charge in [0.15, 0.2) is 0 Å². The van der Waals surface area contributed by atoms with Gasteiger partial charge in [-0.3, -0.25) is 4.79 Å². The lowest BCUT2D eigenvalue weighted by Gasteiger charge is -2.27. The second-order valence-electron chi connectivity index (χ2n) is 4.60. The van der Waals surface area contributed by atoms with Crippen molar-refractivity contribution in [2.75, 3.05) is 26.3 Å². The molecule has 0 radical (unpaired) electrons. The van der Waals surface area contributed by atoms with Gasteiger partial charge in [0, 0.05) is 19.7 Å². The molecule has 2 N–H and O–H groups in total. The number of carbonyl (C=O) groups excluding carboxylic acids is 1. The fraction of sp³-hybridized carbons (Fsp3) is 0.900. The van der Waals surface area contributed by atoms with Gasteiger partial charge < -0.3 is 15.4 Å². The minimum atomic E-state index is -0.732. The van der Waals surface area contributed by atoms with Crippen molar-refractivity contribution in [2.24, 2.45) is 11.7 Å². The lowest BCUT2D eigenvalue weighted by molar-refractivity contribution is -0.136. The number of ether oxygens (including phenoxy) is 1. The van der Waals surface area contributed by atoms with Crippen LogP contribution in [0.1, 0.15) is 19.8 Å². The number of hydrogen-bond donors (Lipinski definition) is 1. The van der Waals surface area contributed by atoms with Crippen LogP contribution in [0.15, 0.2) is 0 Å². The van der Waals surface area contributed by atoms with Crippen molar-refractivity contribution in [3.05, 3.63) is 0 Å². The van der Waals surface area contributed by atoms with Gasteiger partial charge in [-0.25, -0.2) is 0 Å². The van der Waals surface area contributed by atoms with Crippen molar-refractivity contribution in [3.63, 3.8) is 0 Å². The van der Waals surface area contributed by atoms with Crippen LogP contribution in [0.5, 0.6) is 0 Å². The lowest BCUT2D eigenvalue weighted by atomic mass is 9.98. The molecule has 2 atom stereocenters. The minimum absolute atomic E-state index is 0.0827. The van der Waals surface area contributed by atoms with Gasteiger partial charge >= 0.3 is 0 Å². The quantitative estimate of drug-likeness (QED) is 0.644. The second-order valence-corrected chi connectivity index (χ2v) is 4.60. The van der Waals surface area contributed by atoms with E-state index in [1.807, 2.05) is 4.90 Å². The average molecular weight is 198 g/mol. The van der Waals surface area contributed by atoms with Crippen LogP contribution in [-0.2, 0) is 9.53 Å². The van der Waals surface area contributed by atoms with E-state index in [4.69, 9.17) is 10.5 Å². The number of hydrogen-bond acceptors (Lipinski definition) is 3. The highest BCUT2D eigenvalue weighted by Gasteiger charge is 2.42. The zero-order chi connectivity index (χ0) is 10.2. The Kier molecular flexibility index (Phi) is 2.49. The molecule has 14 heavy (non-hydrogen) atoms. The standard InChI is InChI=1S/C10H18N2O2/c1-8-2-4-12(6-8)9(13)10(11)3-5-14-7-10/h8H,2-7,11H2,1H3. The Labute approximate surface area is 84.4 Å². The third kappa shape index (κ3) is 1.64. The fourth-order valence-corrected chi connectivity index (χ4v) is 2.18. The smallest absolute Gasteiger partial charge is 0.245 e. The summed E-state index contributed by atoms with van der Waals surface area (Å²) in [6.07, 6.45) is 1.76. The largest absolute Gasteiger partial charge is 0.379 e. The van der Waals surface area contributed by atoms with Crippen molar-refractivity contribution in [3.8, 4) is 0 Å². The zero-order valence-corrected chi connectivity index (χ0v) is 8.66. The summed E-state index contributed by atoms with van der Waals surface area (Å²) in [6, 6.07) is 0. The molecule has 2 saturated heterocycles. The van der Waals surface area contributed by atoms with Crippen molar-refractivity contribution in [1.29, 1.82) is 0 Å². The summed E-state index contributed by atoms with van der Waals surface area (Å²) >= 11 is 0. The fourth-order valence-electron chi connectivity index (χ4n) is 2.18. The molecule has 0 saturated carbocycles. The normalized spacial score (nSPS) is 37.9. The van der Waals surface area contributed by atoms with Gasteiger partial charge in [0.25, 0.3) is 0 Å². The van der Waals surface area contributed by atoms with Gasteiger partial charge in [-0.15, -0.1) is 0 Å². The molecule has 2 unspecified atom stereocenters. The van der Waals surface area contributed by atoms with Crippen molar-refractivity contribution < 1.29 is 9.53 Å². The predicted molar refractivity (Wildman–Crippen MR) is 52.7 cm³/mol. The Morgan fingerprint density at radius 1 is 1.64 bits per heavy atom. The number of nitrogens with two attached hydrogens (primary N) is 1. The van der Waals surface area contributed by atoms with Gasteiger partial charge in [0.2, 0.25) is 5.91 Å². The van der Waals surface area contributed by atoms with Gasteiger partial charge in [0.1, 0.15) is 5.54 Å². The molecule has 0 aromatic heterocycles. The first-order valence-electron chi connectivity index (χ1n) is 5.28. The first-order chi connectivity index (χ1) is 6.62. The van der Waals surface area contributed by atoms with E-state index in [0.29, 0.717) is 25.6 Å². The van der Waals surface area contributed by atoms with E-state index in [9.17, 15) is 4.79 Å². The van der Waals surface area contributed by atoms with Gasteiger partial charge in [-0.1, -0.05) is 6.92 Å². The summed E-state index contributed by atoms with van der Waals surface area (Å²) in [6.45, 7) is 4.89. The van der Waals surface area contributed by atoms with E-state index in [1.54, 1.807) is 0 Å². The number of likely N-dealkylation sites (tertiary alicyclic amines) is 1. The van der Waals surface area contributed by atoms with Crippen LogP contribution in [0.2, 0.25) is 0 Å². The molecule has 2 aliphatic rings. The topological polar surface area (TPSA) is 55.6 Å². The summed E-state index contributed by atoms with van der Waals surface area (Å²) in [5, 5.41) is 0.